The topological polar surface area (TPSA) is 0 Å². The van der Waals surface area contributed by atoms with E-state index in [4.69, 9.17) is 0 Å². The van der Waals surface area contributed by atoms with Crippen LogP contribution >= 0.6 is 0 Å². The summed E-state index contributed by atoms with van der Waals surface area (Å²) in [4.78, 5) is 0. The van der Waals surface area contributed by atoms with Crippen LogP contribution in [-0.2, 0) is 11.8 Å². The van der Waals surface area contributed by atoms with Crippen LogP contribution in [0.5, 0.6) is 0 Å². The van der Waals surface area contributed by atoms with Gasteiger partial charge >= 0.3 is 0 Å². The molecule has 0 heteroatoms. The van der Waals surface area contributed by atoms with Gasteiger partial charge in [-0.1, -0.05) is 160 Å². The van der Waals surface area contributed by atoms with E-state index >= 15 is 0 Å². The second kappa shape index (κ2) is 18.6. The van der Waals surface area contributed by atoms with Gasteiger partial charge in [-0.05, 0) is 85.8 Å². The maximum absolute atomic E-state index is 2.66. The lowest BCUT2D eigenvalue weighted by Gasteiger charge is -2.39. The molecule has 0 saturated heterocycles. The fourth-order valence-corrected chi connectivity index (χ4v) is 8.42. The number of unbranched alkanes of at least 4 members (excludes halogenated alkanes) is 12. The van der Waals surface area contributed by atoms with Crippen molar-refractivity contribution in [1.29, 1.82) is 0 Å². The molecule has 3 rings (SSSR count). The molecule has 39 heavy (non-hydrogen) atoms. The first-order valence-electron chi connectivity index (χ1n) is 18.2. The summed E-state index contributed by atoms with van der Waals surface area (Å²) in [7, 11) is 0. The Morgan fingerprint density at radius 1 is 0.538 bits per heavy atom. The van der Waals surface area contributed by atoms with Gasteiger partial charge in [-0.15, -0.1) is 0 Å². The maximum atomic E-state index is 2.66. The van der Waals surface area contributed by atoms with Gasteiger partial charge in [0.2, 0.25) is 0 Å². The predicted molar refractivity (Wildman–Crippen MR) is 175 cm³/mol. The lowest BCUT2D eigenvalue weighted by Crippen LogP contribution is -2.29. The van der Waals surface area contributed by atoms with Gasteiger partial charge in [0, 0.05) is 0 Å². The third kappa shape index (κ3) is 11.2. The second-order valence-electron chi connectivity index (χ2n) is 14.3. The average Bonchev–Trinajstić information content (AvgIpc) is 2.96. The highest BCUT2D eigenvalue weighted by atomic mass is 14.4. The van der Waals surface area contributed by atoms with Crippen LogP contribution in [0.3, 0.4) is 0 Å². The fourth-order valence-electron chi connectivity index (χ4n) is 8.42. The minimum atomic E-state index is 0.479. The van der Waals surface area contributed by atoms with Crippen molar-refractivity contribution in [3.63, 3.8) is 0 Å². The van der Waals surface area contributed by atoms with Gasteiger partial charge in [0.05, 0.1) is 0 Å². The van der Waals surface area contributed by atoms with Crippen molar-refractivity contribution in [2.45, 2.75) is 206 Å². The van der Waals surface area contributed by atoms with Gasteiger partial charge in [-0.25, -0.2) is 0 Å². The molecule has 0 nitrogen and oxygen atoms in total. The van der Waals surface area contributed by atoms with Crippen molar-refractivity contribution in [3.8, 4) is 0 Å². The first kappa shape index (κ1) is 32.7. The predicted octanol–water partition coefficient (Wildman–Crippen LogP) is 13.4. The lowest BCUT2D eigenvalue weighted by atomic mass is 9.66. The highest BCUT2D eigenvalue weighted by molar-refractivity contribution is 5.36. The van der Waals surface area contributed by atoms with Crippen LogP contribution in [0.2, 0.25) is 0 Å². The summed E-state index contributed by atoms with van der Waals surface area (Å²) in [6.45, 7) is 7.09. The Labute approximate surface area is 245 Å². The molecule has 0 aromatic heterocycles. The zero-order valence-corrected chi connectivity index (χ0v) is 27.0. The Morgan fingerprint density at radius 3 is 1.62 bits per heavy atom. The third-order valence-corrected chi connectivity index (χ3v) is 11.2. The van der Waals surface area contributed by atoms with E-state index in [0.29, 0.717) is 10.8 Å². The van der Waals surface area contributed by atoms with Crippen LogP contribution in [0.4, 0.5) is 0 Å². The molecule has 0 atom stereocenters. The Morgan fingerprint density at radius 2 is 1.05 bits per heavy atom. The fraction of sp³-hybridized carbons (Fsp3) is 0.846. The molecule has 0 spiro atoms. The summed E-state index contributed by atoms with van der Waals surface area (Å²) < 4.78 is 0. The smallest absolute Gasteiger partial charge is 0.00469 e. The van der Waals surface area contributed by atoms with Gasteiger partial charge in [0.25, 0.3) is 0 Å². The normalized spacial score (nSPS) is 18.8. The Bertz CT molecular complexity index is 745. The van der Waals surface area contributed by atoms with E-state index in [0.717, 1.165) is 0 Å². The van der Waals surface area contributed by atoms with Crippen LogP contribution in [0.15, 0.2) is 18.2 Å². The van der Waals surface area contributed by atoms with Crippen molar-refractivity contribution in [2.24, 2.45) is 5.41 Å². The van der Waals surface area contributed by atoms with Crippen molar-refractivity contribution < 1.29 is 0 Å². The summed E-state index contributed by atoms with van der Waals surface area (Å²) in [5, 5.41) is 0. The summed E-state index contributed by atoms with van der Waals surface area (Å²) in [6.07, 6.45) is 40.5. The molecule has 2 aliphatic carbocycles. The standard InChI is InChI=1S/C39H68/c1-4-6-8-10-12-14-18-27-38(28-19-16-20-29-38)33-26-36-24-25-37(34-35(36)3)39(31-22-17-23-32-39)30-21-15-13-11-9-7-5-2/h24-25,34H,4-23,26-33H2,1-3H3. The van der Waals surface area contributed by atoms with E-state index in [1.807, 2.05) is 0 Å². The van der Waals surface area contributed by atoms with E-state index < -0.39 is 0 Å². The molecule has 0 heterocycles. The van der Waals surface area contributed by atoms with E-state index in [1.54, 1.807) is 16.7 Å². The Kier molecular flexibility index (Phi) is 15.6. The third-order valence-electron chi connectivity index (χ3n) is 11.2. The van der Waals surface area contributed by atoms with Gasteiger partial charge in [-0.3, -0.25) is 0 Å². The van der Waals surface area contributed by atoms with E-state index in [1.165, 1.54) is 180 Å². The molecular weight excluding hydrogens is 468 g/mol. The number of benzene rings is 1. The van der Waals surface area contributed by atoms with Crippen LogP contribution in [0.1, 0.15) is 204 Å². The first-order chi connectivity index (χ1) is 19.1. The molecule has 0 N–H and O–H groups in total. The van der Waals surface area contributed by atoms with Gasteiger partial charge in [-0.2, -0.15) is 0 Å². The number of rotatable bonds is 20. The van der Waals surface area contributed by atoms with Gasteiger partial charge in [0.1, 0.15) is 0 Å². The molecule has 0 amide bonds. The van der Waals surface area contributed by atoms with Gasteiger partial charge < -0.3 is 0 Å². The van der Waals surface area contributed by atoms with Crippen molar-refractivity contribution >= 4 is 0 Å². The maximum Gasteiger partial charge on any atom is -0.00469 e. The van der Waals surface area contributed by atoms with Gasteiger partial charge in [0.15, 0.2) is 0 Å². The molecule has 224 valence electrons. The molecule has 2 saturated carbocycles. The zero-order chi connectivity index (χ0) is 27.7. The SMILES string of the molecule is CCCCCCCCCC1(CCc2ccc(C3(CCCCCCCCC)CCCCC3)cc2C)CCCCC1. The van der Waals surface area contributed by atoms with Crippen molar-refractivity contribution in [3.05, 3.63) is 34.9 Å². The molecule has 2 aliphatic rings. The molecule has 2 fully saturated rings. The highest BCUT2D eigenvalue weighted by Crippen LogP contribution is 2.46. The van der Waals surface area contributed by atoms with Crippen molar-refractivity contribution in [1.82, 2.24) is 0 Å². The molecule has 1 aromatic rings. The quantitative estimate of drug-likeness (QED) is 0.145. The highest BCUT2D eigenvalue weighted by Gasteiger charge is 2.34. The summed E-state index contributed by atoms with van der Waals surface area (Å²) in [5.41, 5.74) is 6.08. The second-order valence-corrected chi connectivity index (χ2v) is 14.3. The summed E-state index contributed by atoms with van der Waals surface area (Å²) >= 11 is 0. The monoisotopic (exact) mass is 537 g/mol. The summed E-state index contributed by atoms with van der Waals surface area (Å²) in [5.74, 6) is 0. The molecule has 0 unspecified atom stereocenters. The molecule has 1 aromatic carbocycles. The first-order valence-corrected chi connectivity index (χ1v) is 18.2. The van der Waals surface area contributed by atoms with Crippen LogP contribution < -0.4 is 0 Å². The number of hydrogen-bond donors (Lipinski definition) is 0. The average molecular weight is 537 g/mol. The van der Waals surface area contributed by atoms with Crippen LogP contribution in [-0.4, -0.2) is 0 Å². The minimum absolute atomic E-state index is 0.479. The molecule has 0 aliphatic heterocycles. The summed E-state index contributed by atoms with van der Waals surface area (Å²) in [6, 6.07) is 7.83. The van der Waals surface area contributed by atoms with Crippen molar-refractivity contribution in [2.75, 3.05) is 0 Å². The van der Waals surface area contributed by atoms with E-state index in [9.17, 15) is 0 Å². The Hall–Kier alpha value is -0.780. The largest absolute Gasteiger partial charge is 0.0654 e. The zero-order valence-electron chi connectivity index (χ0n) is 27.0. The van der Waals surface area contributed by atoms with Crippen LogP contribution in [0.25, 0.3) is 0 Å². The van der Waals surface area contributed by atoms with E-state index in [2.05, 4.69) is 39.0 Å². The van der Waals surface area contributed by atoms with E-state index in [-0.39, 0.29) is 0 Å². The molecule has 0 radical (unpaired) electrons. The lowest BCUT2D eigenvalue weighted by molar-refractivity contribution is 0.152. The molecule has 0 bridgehead atoms. The number of aryl methyl sites for hydroxylation is 2. The number of hydrogen-bond acceptors (Lipinski definition) is 0. The minimum Gasteiger partial charge on any atom is -0.0654 e. The molecular formula is C39H68. The Balaban J connectivity index is 1.54. The van der Waals surface area contributed by atoms with Crippen LogP contribution in [0, 0.1) is 12.3 Å².